The Morgan fingerprint density at radius 2 is 1.44 bits per heavy atom. The second-order valence-corrected chi connectivity index (χ2v) is 16.8. The predicted octanol–water partition coefficient (Wildman–Crippen LogP) is 3.19. The van der Waals surface area contributed by atoms with Crippen LogP contribution in [0.3, 0.4) is 0 Å². The number of aliphatic hydroxyl groups excluding tert-OH is 2. The first-order valence-electron chi connectivity index (χ1n) is 16.9. The van der Waals surface area contributed by atoms with E-state index in [0.29, 0.717) is 5.02 Å². The molecule has 1 unspecified atom stereocenters. The van der Waals surface area contributed by atoms with E-state index in [4.69, 9.17) is 30.7 Å². The summed E-state index contributed by atoms with van der Waals surface area (Å²) in [5.74, 6) is -1.83. The summed E-state index contributed by atoms with van der Waals surface area (Å²) < 4.78 is 30.5. The summed E-state index contributed by atoms with van der Waals surface area (Å²) in [6.07, 6.45) is -1.08. The first-order chi connectivity index (χ1) is 23.4. The Balaban J connectivity index is 0.000000521. The van der Waals surface area contributed by atoms with E-state index < -0.39 is 63.0 Å². The van der Waals surface area contributed by atoms with E-state index in [1.165, 1.54) is 67.7 Å². The average molecular weight is 768 g/mol. The third-order valence-electron chi connectivity index (χ3n) is 9.29. The molecule has 2 fully saturated rings. The number of halogens is 1. The van der Waals surface area contributed by atoms with Crippen LogP contribution in [0.15, 0.2) is 46.5 Å². The van der Waals surface area contributed by atoms with Gasteiger partial charge < -0.3 is 44.1 Å². The fourth-order valence-electron chi connectivity index (χ4n) is 6.03. The SMILES string of the molecule is CCN(CC)CC.CCN(CC)CC.Cn1c(=O)n([C@H]2[C@H](O)[C@H](O)[C@]3(COP(=O)(O)CP(=O)(O)O)C[C@H]23)cc/c1=N/OCc1ccc(Cl)cc1. The fraction of sp³-hybridized carbons (Fsp3) is 0.688. The van der Waals surface area contributed by atoms with Gasteiger partial charge in [-0.05, 0) is 69.3 Å². The Hall–Kier alpha value is -1.87. The van der Waals surface area contributed by atoms with Gasteiger partial charge in [0, 0.05) is 29.7 Å². The topological polar surface area (TPSA) is 200 Å². The molecule has 2 saturated carbocycles. The van der Waals surface area contributed by atoms with Crippen molar-refractivity contribution in [2.24, 2.45) is 23.5 Å². The van der Waals surface area contributed by atoms with Gasteiger partial charge in [-0.1, -0.05) is 70.4 Å². The van der Waals surface area contributed by atoms with E-state index in [1.807, 2.05) is 0 Å². The Bertz CT molecular complexity index is 1540. The van der Waals surface area contributed by atoms with Gasteiger partial charge in [0.1, 0.15) is 12.7 Å². The quantitative estimate of drug-likeness (QED) is 0.131. The van der Waals surface area contributed by atoms with Gasteiger partial charge in [-0.25, -0.2) is 4.79 Å². The predicted molar refractivity (Wildman–Crippen MR) is 193 cm³/mol. The van der Waals surface area contributed by atoms with Crippen molar-refractivity contribution >= 4 is 26.8 Å². The van der Waals surface area contributed by atoms with Crippen LogP contribution in [0.25, 0.3) is 0 Å². The average Bonchev–Trinajstić information content (AvgIpc) is 3.75. The normalized spacial score (nSPS) is 24.2. The summed E-state index contributed by atoms with van der Waals surface area (Å²) in [6, 6.07) is 7.62. The van der Waals surface area contributed by atoms with Crippen LogP contribution in [0.4, 0.5) is 0 Å². The highest BCUT2D eigenvalue weighted by Crippen LogP contribution is 2.69. The fourth-order valence-corrected chi connectivity index (χ4v) is 8.79. The molecular weight excluding hydrogens is 712 g/mol. The minimum absolute atomic E-state index is 0.148. The van der Waals surface area contributed by atoms with E-state index in [-0.39, 0.29) is 18.5 Å². The van der Waals surface area contributed by atoms with Crippen molar-refractivity contribution in [1.82, 2.24) is 18.9 Å². The summed E-state index contributed by atoms with van der Waals surface area (Å²) in [5, 5.41) is 25.9. The van der Waals surface area contributed by atoms with Crippen molar-refractivity contribution in [3.8, 4) is 0 Å². The van der Waals surface area contributed by atoms with Gasteiger partial charge in [-0.3, -0.25) is 18.3 Å². The maximum absolute atomic E-state index is 13.0. The van der Waals surface area contributed by atoms with Crippen molar-refractivity contribution < 1.29 is 43.4 Å². The maximum Gasteiger partial charge on any atom is 0.340 e. The Kier molecular flexibility index (Phi) is 17.6. The van der Waals surface area contributed by atoms with Gasteiger partial charge in [0.05, 0.1) is 18.8 Å². The number of hydrogen-bond acceptors (Lipinski definition) is 10. The molecule has 6 atom stereocenters. The first kappa shape index (κ1) is 44.3. The molecule has 4 rings (SSSR count). The van der Waals surface area contributed by atoms with Crippen molar-refractivity contribution in [3.05, 3.63) is 63.1 Å². The summed E-state index contributed by atoms with van der Waals surface area (Å²) in [6.45, 7) is 19.9. The van der Waals surface area contributed by atoms with E-state index in [1.54, 1.807) is 24.3 Å². The van der Waals surface area contributed by atoms with E-state index in [0.717, 1.165) is 5.56 Å². The van der Waals surface area contributed by atoms with Crippen LogP contribution in [-0.4, -0.2) is 108 Å². The van der Waals surface area contributed by atoms with Crippen LogP contribution in [-0.2, 0) is 32.1 Å². The minimum Gasteiger partial charge on any atom is -0.390 e. The molecule has 0 saturated heterocycles. The standard InChI is InChI=1S/C20H26ClN3O10P2.2C6H15N/c1-23-15(22-33-9-12-2-4-13(21)5-3-12)6-7-24(19(23)27)16-14-8-20(14,18(26)17(16)25)10-34-36(31,32)11-35(28,29)30;2*1-4-7(5-2)6-3/h2-7,14,16-18,25-26H,8-11H2,1H3,(H,31,32)(H2,28,29,30);2*4-6H2,1-3H3/b22-15-;;/t14-,16-,17+,18+,20+;;/m1../s1. The van der Waals surface area contributed by atoms with Crippen molar-refractivity contribution in [2.45, 2.75) is 72.8 Å². The molecule has 2 aliphatic rings. The molecule has 0 aliphatic heterocycles. The van der Waals surface area contributed by atoms with Gasteiger partial charge >= 0.3 is 20.9 Å². The second-order valence-electron chi connectivity index (χ2n) is 12.3. The molecule has 2 aromatic rings. The maximum atomic E-state index is 13.0. The molecule has 0 spiro atoms. The van der Waals surface area contributed by atoms with Crippen LogP contribution in [0.1, 0.15) is 59.6 Å². The monoisotopic (exact) mass is 767 g/mol. The molecular formula is C32H56ClN5O10P2. The molecule has 1 aromatic heterocycles. The van der Waals surface area contributed by atoms with E-state index in [2.05, 4.69) is 56.5 Å². The molecule has 50 heavy (non-hydrogen) atoms. The lowest BCUT2D eigenvalue weighted by Gasteiger charge is -2.25. The van der Waals surface area contributed by atoms with Crippen LogP contribution in [0, 0.1) is 11.3 Å². The van der Waals surface area contributed by atoms with Gasteiger partial charge in [0.2, 0.25) is 0 Å². The van der Waals surface area contributed by atoms with Crippen molar-refractivity contribution in [2.75, 3.05) is 51.8 Å². The Morgan fingerprint density at radius 3 is 1.90 bits per heavy atom. The number of aliphatic hydroxyl groups is 2. The highest BCUT2D eigenvalue weighted by Gasteiger charge is 2.72. The zero-order valence-electron chi connectivity index (χ0n) is 30.1. The van der Waals surface area contributed by atoms with Crippen LogP contribution >= 0.6 is 26.8 Å². The molecule has 0 amide bonds. The highest BCUT2D eigenvalue weighted by atomic mass is 35.5. The number of hydrogen-bond donors (Lipinski definition) is 5. The molecule has 15 nitrogen and oxygen atoms in total. The van der Waals surface area contributed by atoms with Crippen molar-refractivity contribution in [3.63, 3.8) is 0 Å². The van der Waals surface area contributed by atoms with Crippen LogP contribution in [0.2, 0.25) is 5.02 Å². The number of fused-ring (bicyclic) bond motifs is 1. The summed E-state index contributed by atoms with van der Waals surface area (Å²) >= 11 is 5.85. The molecule has 5 N–H and O–H groups in total. The smallest absolute Gasteiger partial charge is 0.340 e. The zero-order chi connectivity index (χ0) is 37.9. The largest absolute Gasteiger partial charge is 0.390 e. The molecule has 1 heterocycles. The number of nitrogens with zero attached hydrogens (tertiary/aromatic N) is 5. The van der Waals surface area contributed by atoms with Crippen LogP contribution < -0.4 is 11.2 Å². The van der Waals surface area contributed by atoms with Crippen LogP contribution in [0.5, 0.6) is 0 Å². The summed E-state index contributed by atoms with van der Waals surface area (Å²) in [7, 11) is -7.99. The Morgan fingerprint density at radius 1 is 0.920 bits per heavy atom. The van der Waals surface area contributed by atoms with Gasteiger partial charge in [-0.2, -0.15) is 0 Å². The lowest BCUT2D eigenvalue weighted by Crippen LogP contribution is -2.43. The third kappa shape index (κ3) is 12.4. The molecule has 2 aliphatic carbocycles. The summed E-state index contributed by atoms with van der Waals surface area (Å²) in [4.78, 5) is 50.8. The number of aromatic nitrogens is 2. The summed E-state index contributed by atoms with van der Waals surface area (Å²) in [5.41, 5.74) is -0.634. The molecule has 286 valence electrons. The lowest BCUT2D eigenvalue weighted by atomic mass is 10.0. The molecule has 0 radical (unpaired) electrons. The lowest BCUT2D eigenvalue weighted by molar-refractivity contribution is -0.0292. The number of rotatable bonds is 15. The molecule has 1 aromatic carbocycles. The minimum atomic E-state index is -4.81. The van der Waals surface area contributed by atoms with Gasteiger partial charge in [0.25, 0.3) is 0 Å². The third-order valence-corrected chi connectivity index (χ3v) is 13.0. The number of benzene rings is 1. The van der Waals surface area contributed by atoms with E-state index in [9.17, 15) is 29.0 Å². The van der Waals surface area contributed by atoms with E-state index >= 15 is 0 Å². The van der Waals surface area contributed by atoms with Gasteiger partial charge in [-0.15, -0.1) is 0 Å². The highest BCUT2D eigenvalue weighted by molar-refractivity contribution is 7.70. The van der Waals surface area contributed by atoms with Gasteiger partial charge in [0.15, 0.2) is 11.4 Å². The van der Waals surface area contributed by atoms with Crippen molar-refractivity contribution in [1.29, 1.82) is 0 Å². The Labute approximate surface area is 299 Å². The first-order valence-corrected chi connectivity index (χ1v) is 20.9. The second kappa shape index (κ2) is 19.8. The zero-order valence-corrected chi connectivity index (χ0v) is 32.7. The molecule has 0 bridgehead atoms. The molecule has 18 heteroatoms.